The highest BCUT2D eigenvalue weighted by Crippen LogP contribution is 2.21. The first-order valence-corrected chi connectivity index (χ1v) is 5.34. The number of aromatic nitrogens is 2. The van der Waals surface area contributed by atoms with E-state index in [1.54, 1.807) is 0 Å². The van der Waals surface area contributed by atoms with E-state index in [1.165, 1.54) is 10.8 Å². The number of nitrogens with zero attached hydrogens (tertiary/aromatic N) is 1. The number of benzene rings is 2. The number of rotatable bonds is 1. The predicted octanol–water partition coefficient (Wildman–Crippen LogP) is 3.54. The number of nitrogens with one attached hydrogen (secondary N) is 1. The van der Waals surface area contributed by atoms with Crippen molar-refractivity contribution >= 4 is 10.8 Å². The zero-order chi connectivity index (χ0) is 11.0. The van der Waals surface area contributed by atoms with E-state index in [9.17, 15) is 0 Å². The number of fused-ring (bicyclic) bond motifs is 1. The molecular formula is C14H12N2. The zero-order valence-electron chi connectivity index (χ0n) is 9.07. The highest BCUT2D eigenvalue weighted by atomic mass is 14.9. The maximum atomic E-state index is 4.34. The summed E-state index contributed by atoms with van der Waals surface area (Å²) in [6.45, 7) is 2.01. The lowest BCUT2D eigenvalue weighted by Gasteiger charge is -2.00. The summed E-state index contributed by atoms with van der Waals surface area (Å²) in [6.07, 6.45) is 1.85. The van der Waals surface area contributed by atoms with Gasteiger partial charge in [-0.2, -0.15) is 0 Å². The largest absolute Gasteiger partial charge is 0.342 e. The van der Waals surface area contributed by atoms with Crippen molar-refractivity contribution in [1.82, 2.24) is 9.97 Å². The summed E-state index contributed by atoms with van der Waals surface area (Å²) in [7, 11) is 0. The quantitative estimate of drug-likeness (QED) is 0.651. The third-order valence-corrected chi connectivity index (χ3v) is 2.73. The van der Waals surface area contributed by atoms with Crippen LogP contribution in [0.25, 0.3) is 22.2 Å². The summed E-state index contributed by atoms with van der Waals surface area (Å²) in [6, 6.07) is 14.7. The molecule has 0 aliphatic rings. The van der Waals surface area contributed by atoms with E-state index in [0.717, 1.165) is 17.1 Å². The SMILES string of the molecule is Cc1cnc(-c2ccc3ccccc3c2)[nH]1. The molecule has 0 aliphatic heterocycles. The molecule has 1 aromatic heterocycles. The van der Waals surface area contributed by atoms with Crippen LogP contribution >= 0.6 is 0 Å². The van der Waals surface area contributed by atoms with Crippen molar-refractivity contribution < 1.29 is 0 Å². The molecule has 0 bridgehead atoms. The molecular weight excluding hydrogens is 196 g/mol. The summed E-state index contributed by atoms with van der Waals surface area (Å²) >= 11 is 0. The van der Waals surface area contributed by atoms with Gasteiger partial charge in [0.2, 0.25) is 0 Å². The highest BCUT2D eigenvalue weighted by Gasteiger charge is 2.02. The van der Waals surface area contributed by atoms with Crippen LogP contribution in [0, 0.1) is 6.92 Å². The van der Waals surface area contributed by atoms with Gasteiger partial charge in [-0.25, -0.2) is 4.98 Å². The van der Waals surface area contributed by atoms with Crippen LogP contribution in [0.4, 0.5) is 0 Å². The molecule has 0 fully saturated rings. The lowest BCUT2D eigenvalue weighted by Crippen LogP contribution is -1.81. The molecule has 0 unspecified atom stereocenters. The third-order valence-electron chi connectivity index (χ3n) is 2.73. The Balaban J connectivity index is 2.18. The van der Waals surface area contributed by atoms with Crippen LogP contribution in [0.15, 0.2) is 48.7 Å². The van der Waals surface area contributed by atoms with Gasteiger partial charge in [-0.05, 0) is 23.8 Å². The number of hydrogen-bond acceptors (Lipinski definition) is 1. The topological polar surface area (TPSA) is 28.7 Å². The van der Waals surface area contributed by atoms with Crippen molar-refractivity contribution in [3.8, 4) is 11.4 Å². The smallest absolute Gasteiger partial charge is 0.137 e. The molecule has 0 saturated heterocycles. The lowest BCUT2D eigenvalue weighted by atomic mass is 10.1. The molecule has 1 heterocycles. The van der Waals surface area contributed by atoms with E-state index in [-0.39, 0.29) is 0 Å². The van der Waals surface area contributed by atoms with Crippen LogP contribution in [-0.2, 0) is 0 Å². The van der Waals surface area contributed by atoms with E-state index in [2.05, 4.69) is 52.4 Å². The Bertz CT molecular complexity index is 638. The van der Waals surface area contributed by atoms with Crippen LogP contribution < -0.4 is 0 Å². The van der Waals surface area contributed by atoms with Gasteiger partial charge in [0.25, 0.3) is 0 Å². The summed E-state index contributed by atoms with van der Waals surface area (Å²) in [4.78, 5) is 7.58. The van der Waals surface area contributed by atoms with Crippen LogP contribution in [0.5, 0.6) is 0 Å². The predicted molar refractivity (Wildman–Crippen MR) is 66.3 cm³/mol. The molecule has 78 valence electrons. The van der Waals surface area contributed by atoms with Crippen molar-refractivity contribution in [2.75, 3.05) is 0 Å². The van der Waals surface area contributed by atoms with Gasteiger partial charge in [0.15, 0.2) is 0 Å². The van der Waals surface area contributed by atoms with Crippen LogP contribution in [0.2, 0.25) is 0 Å². The van der Waals surface area contributed by atoms with Crippen molar-refractivity contribution in [3.05, 3.63) is 54.4 Å². The Morgan fingerprint density at radius 1 is 1.00 bits per heavy atom. The fourth-order valence-electron chi connectivity index (χ4n) is 1.90. The van der Waals surface area contributed by atoms with Gasteiger partial charge in [-0.3, -0.25) is 0 Å². The first-order valence-electron chi connectivity index (χ1n) is 5.34. The minimum Gasteiger partial charge on any atom is -0.342 e. The van der Waals surface area contributed by atoms with E-state index in [1.807, 2.05) is 13.1 Å². The third kappa shape index (κ3) is 1.48. The molecule has 0 aliphatic carbocycles. The normalized spacial score (nSPS) is 10.8. The fourth-order valence-corrected chi connectivity index (χ4v) is 1.90. The number of hydrogen-bond donors (Lipinski definition) is 1. The lowest BCUT2D eigenvalue weighted by molar-refractivity contribution is 1.26. The first kappa shape index (κ1) is 9.16. The molecule has 0 radical (unpaired) electrons. The molecule has 0 spiro atoms. The van der Waals surface area contributed by atoms with E-state index < -0.39 is 0 Å². The number of imidazole rings is 1. The number of aryl methyl sites for hydroxylation is 1. The monoisotopic (exact) mass is 208 g/mol. The molecule has 0 saturated carbocycles. The molecule has 2 aromatic carbocycles. The molecule has 3 rings (SSSR count). The Labute approximate surface area is 94.0 Å². The Morgan fingerprint density at radius 2 is 1.81 bits per heavy atom. The van der Waals surface area contributed by atoms with Crippen molar-refractivity contribution in [1.29, 1.82) is 0 Å². The molecule has 0 amide bonds. The second kappa shape index (κ2) is 3.49. The summed E-state index contributed by atoms with van der Waals surface area (Å²) < 4.78 is 0. The van der Waals surface area contributed by atoms with Gasteiger partial charge in [0, 0.05) is 17.5 Å². The molecule has 0 atom stereocenters. The van der Waals surface area contributed by atoms with Crippen LogP contribution in [-0.4, -0.2) is 9.97 Å². The van der Waals surface area contributed by atoms with Gasteiger partial charge >= 0.3 is 0 Å². The van der Waals surface area contributed by atoms with E-state index >= 15 is 0 Å². The molecule has 2 heteroatoms. The fraction of sp³-hybridized carbons (Fsp3) is 0.0714. The van der Waals surface area contributed by atoms with Gasteiger partial charge in [0.1, 0.15) is 5.82 Å². The van der Waals surface area contributed by atoms with Gasteiger partial charge in [0.05, 0.1) is 0 Å². The molecule has 2 nitrogen and oxygen atoms in total. The second-order valence-corrected chi connectivity index (χ2v) is 3.98. The average molecular weight is 208 g/mol. The summed E-state index contributed by atoms with van der Waals surface area (Å²) in [5.41, 5.74) is 2.22. The Kier molecular flexibility index (Phi) is 2.00. The van der Waals surface area contributed by atoms with Gasteiger partial charge < -0.3 is 4.98 Å². The maximum Gasteiger partial charge on any atom is 0.137 e. The van der Waals surface area contributed by atoms with E-state index in [4.69, 9.17) is 0 Å². The average Bonchev–Trinajstić information content (AvgIpc) is 2.75. The zero-order valence-corrected chi connectivity index (χ0v) is 9.07. The van der Waals surface area contributed by atoms with Gasteiger partial charge in [-0.1, -0.05) is 36.4 Å². The number of H-pyrrole nitrogens is 1. The minimum absolute atomic E-state index is 0.934. The van der Waals surface area contributed by atoms with Crippen LogP contribution in [0.1, 0.15) is 5.69 Å². The highest BCUT2D eigenvalue weighted by molar-refractivity contribution is 5.86. The second-order valence-electron chi connectivity index (χ2n) is 3.98. The van der Waals surface area contributed by atoms with E-state index in [0.29, 0.717) is 0 Å². The summed E-state index contributed by atoms with van der Waals surface area (Å²) in [5.74, 6) is 0.934. The molecule has 3 aromatic rings. The minimum atomic E-state index is 0.934. The number of aromatic amines is 1. The standard InChI is InChI=1S/C14H12N2/c1-10-9-15-14(16-10)13-7-6-11-4-2-3-5-12(11)8-13/h2-9H,1H3,(H,15,16). The Hall–Kier alpha value is -2.09. The maximum absolute atomic E-state index is 4.34. The van der Waals surface area contributed by atoms with Crippen LogP contribution in [0.3, 0.4) is 0 Å². The van der Waals surface area contributed by atoms with Gasteiger partial charge in [-0.15, -0.1) is 0 Å². The summed E-state index contributed by atoms with van der Waals surface area (Å²) in [5, 5.41) is 2.50. The molecule has 1 N–H and O–H groups in total. The Morgan fingerprint density at radius 3 is 2.56 bits per heavy atom. The first-order chi connectivity index (χ1) is 7.83. The van der Waals surface area contributed by atoms with Crippen molar-refractivity contribution in [2.45, 2.75) is 6.92 Å². The molecule has 16 heavy (non-hydrogen) atoms. The van der Waals surface area contributed by atoms with Crippen molar-refractivity contribution in [3.63, 3.8) is 0 Å². The van der Waals surface area contributed by atoms with Crippen molar-refractivity contribution in [2.24, 2.45) is 0 Å².